The van der Waals surface area contributed by atoms with Crippen LogP contribution in [0.15, 0.2) is 18.2 Å². The van der Waals surface area contributed by atoms with E-state index in [4.69, 9.17) is 34.8 Å². The normalized spacial score (nSPS) is 12.8. The summed E-state index contributed by atoms with van der Waals surface area (Å²) in [4.78, 5) is 0. The molecule has 15 heavy (non-hydrogen) atoms. The average Bonchev–Trinajstić information content (AvgIpc) is 2.21. The van der Waals surface area contributed by atoms with Gasteiger partial charge in [-0.25, -0.2) is 0 Å². The molecule has 0 N–H and O–H groups in total. The van der Waals surface area contributed by atoms with Crippen LogP contribution in [0.2, 0.25) is 10.0 Å². The summed E-state index contributed by atoms with van der Waals surface area (Å²) in [7, 11) is 0. The largest absolute Gasteiger partial charge is 0.126 e. The molecule has 0 aliphatic carbocycles. The smallest absolute Gasteiger partial charge is 0.0452 e. The Balaban J connectivity index is 2.70. The average molecular weight is 266 g/mol. The lowest BCUT2D eigenvalue weighted by Gasteiger charge is -2.13. The van der Waals surface area contributed by atoms with Crippen molar-refractivity contribution < 1.29 is 0 Å². The topological polar surface area (TPSA) is 0 Å². The van der Waals surface area contributed by atoms with Crippen LogP contribution < -0.4 is 0 Å². The van der Waals surface area contributed by atoms with Crippen LogP contribution in [0.4, 0.5) is 0 Å². The monoisotopic (exact) mass is 264 g/mol. The quantitative estimate of drug-likeness (QED) is 0.643. The minimum absolute atomic E-state index is 0.510. The van der Waals surface area contributed by atoms with Gasteiger partial charge < -0.3 is 0 Å². The summed E-state index contributed by atoms with van der Waals surface area (Å²) in [6, 6.07) is 5.65. The van der Waals surface area contributed by atoms with E-state index in [1.165, 1.54) is 0 Å². The molecule has 0 spiro atoms. The molecule has 3 heteroatoms. The van der Waals surface area contributed by atoms with Crippen molar-refractivity contribution in [3.8, 4) is 0 Å². The molecule has 1 unspecified atom stereocenters. The predicted octanol–water partition coefficient (Wildman–Crippen LogP) is 5.19. The minimum atomic E-state index is 0.510. The van der Waals surface area contributed by atoms with Crippen molar-refractivity contribution in [3.63, 3.8) is 0 Å². The van der Waals surface area contributed by atoms with Gasteiger partial charge in [-0.2, -0.15) is 0 Å². The zero-order chi connectivity index (χ0) is 11.3. The molecule has 84 valence electrons. The Hall–Kier alpha value is 0.0900. The second kappa shape index (κ2) is 6.62. The van der Waals surface area contributed by atoms with E-state index >= 15 is 0 Å². The summed E-state index contributed by atoms with van der Waals surface area (Å²) >= 11 is 17.9. The highest BCUT2D eigenvalue weighted by atomic mass is 35.5. The van der Waals surface area contributed by atoms with Crippen molar-refractivity contribution in [2.24, 2.45) is 5.92 Å². The van der Waals surface area contributed by atoms with Gasteiger partial charge in [-0.1, -0.05) is 42.6 Å². The Morgan fingerprint density at radius 2 is 2.00 bits per heavy atom. The second-order valence-electron chi connectivity index (χ2n) is 3.75. The Bertz CT molecular complexity index is 310. The van der Waals surface area contributed by atoms with Crippen molar-refractivity contribution in [2.75, 3.05) is 5.88 Å². The number of alkyl halides is 1. The highest BCUT2D eigenvalue weighted by Gasteiger charge is 2.10. The van der Waals surface area contributed by atoms with Crippen LogP contribution in [-0.2, 0) is 6.42 Å². The van der Waals surface area contributed by atoms with E-state index in [9.17, 15) is 0 Å². The molecular weight excluding hydrogens is 250 g/mol. The molecule has 0 aromatic heterocycles. The van der Waals surface area contributed by atoms with Crippen molar-refractivity contribution in [1.29, 1.82) is 0 Å². The SMILES string of the molecule is CCCC(CCl)Cc1ccc(Cl)cc1Cl. The Morgan fingerprint density at radius 3 is 2.53 bits per heavy atom. The van der Waals surface area contributed by atoms with Gasteiger partial charge in [0, 0.05) is 15.9 Å². The molecule has 0 aliphatic heterocycles. The number of rotatable bonds is 5. The lowest BCUT2D eigenvalue weighted by Crippen LogP contribution is -2.06. The third-order valence-electron chi connectivity index (χ3n) is 2.44. The molecule has 1 aromatic rings. The fourth-order valence-electron chi connectivity index (χ4n) is 1.64. The number of halogens is 3. The summed E-state index contributed by atoms with van der Waals surface area (Å²) in [5, 5.41) is 1.43. The summed E-state index contributed by atoms with van der Waals surface area (Å²) in [5.74, 6) is 1.20. The fraction of sp³-hybridized carbons (Fsp3) is 0.500. The van der Waals surface area contributed by atoms with Crippen LogP contribution >= 0.6 is 34.8 Å². The molecule has 1 atom stereocenters. The fourth-order valence-corrected chi connectivity index (χ4v) is 2.39. The first-order valence-electron chi connectivity index (χ1n) is 5.17. The molecule has 0 fully saturated rings. The first kappa shape index (κ1) is 13.2. The molecule has 0 radical (unpaired) electrons. The standard InChI is InChI=1S/C12H15Cl3/c1-2-3-9(8-13)6-10-4-5-11(14)7-12(10)15/h4-5,7,9H,2-3,6,8H2,1H3. The lowest BCUT2D eigenvalue weighted by atomic mass is 9.97. The third kappa shape index (κ3) is 4.22. The lowest BCUT2D eigenvalue weighted by molar-refractivity contribution is 0.528. The van der Waals surface area contributed by atoms with Gasteiger partial charge in [0.1, 0.15) is 0 Å². The Morgan fingerprint density at radius 1 is 1.27 bits per heavy atom. The number of hydrogen-bond donors (Lipinski definition) is 0. The number of benzene rings is 1. The first-order valence-corrected chi connectivity index (χ1v) is 6.46. The summed E-state index contributed by atoms with van der Waals surface area (Å²) < 4.78 is 0. The van der Waals surface area contributed by atoms with Gasteiger partial charge in [-0.15, -0.1) is 11.6 Å². The van der Waals surface area contributed by atoms with E-state index in [-0.39, 0.29) is 0 Å². The van der Waals surface area contributed by atoms with Crippen LogP contribution in [-0.4, -0.2) is 5.88 Å². The van der Waals surface area contributed by atoms with Gasteiger partial charge in [0.05, 0.1) is 0 Å². The zero-order valence-electron chi connectivity index (χ0n) is 8.77. The van der Waals surface area contributed by atoms with Gasteiger partial charge in [0.15, 0.2) is 0 Å². The van der Waals surface area contributed by atoms with Gasteiger partial charge >= 0.3 is 0 Å². The zero-order valence-corrected chi connectivity index (χ0v) is 11.0. The van der Waals surface area contributed by atoms with Gasteiger partial charge in [-0.3, -0.25) is 0 Å². The van der Waals surface area contributed by atoms with Crippen LogP contribution in [0, 0.1) is 5.92 Å². The maximum atomic E-state index is 6.10. The van der Waals surface area contributed by atoms with Crippen molar-refractivity contribution >= 4 is 34.8 Å². The molecule has 0 bridgehead atoms. The van der Waals surface area contributed by atoms with E-state index in [2.05, 4.69) is 6.92 Å². The molecule has 0 amide bonds. The van der Waals surface area contributed by atoms with E-state index < -0.39 is 0 Å². The second-order valence-corrected chi connectivity index (χ2v) is 4.90. The van der Waals surface area contributed by atoms with Crippen LogP contribution in [0.1, 0.15) is 25.3 Å². The highest BCUT2D eigenvalue weighted by molar-refractivity contribution is 6.35. The molecule has 0 saturated carbocycles. The molecule has 0 nitrogen and oxygen atoms in total. The Labute approximate surface area is 107 Å². The van der Waals surface area contributed by atoms with Crippen molar-refractivity contribution in [1.82, 2.24) is 0 Å². The van der Waals surface area contributed by atoms with Crippen LogP contribution in [0.25, 0.3) is 0 Å². The van der Waals surface area contributed by atoms with E-state index in [1.807, 2.05) is 12.1 Å². The molecule has 1 aromatic carbocycles. The Kier molecular flexibility index (Phi) is 5.81. The molecular formula is C12H15Cl3. The summed E-state index contributed by atoms with van der Waals surface area (Å²) in [6.45, 7) is 2.17. The van der Waals surface area contributed by atoms with Crippen molar-refractivity contribution in [3.05, 3.63) is 33.8 Å². The number of hydrogen-bond acceptors (Lipinski definition) is 0. The van der Waals surface area contributed by atoms with Gasteiger partial charge in [0.2, 0.25) is 0 Å². The first-order chi connectivity index (χ1) is 7.17. The molecule has 0 aliphatic rings. The highest BCUT2D eigenvalue weighted by Crippen LogP contribution is 2.25. The maximum Gasteiger partial charge on any atom is 0.0452 e. The third-order valence-corrected chi connectivity index (χ3v) is 3.46. The maximum absolute atomic E-state index is 6.10. The minimum Gasteiger partial charge on any atom is -0.126 e. The molecule has 1 rings (SSSR count). The molecule has 0 saturated heterocycles. The summed E-state index contributed by atoms with van der Waals surface area (Å²) in [6.07, 6.45) is 3.23. The van der Waals surface area contributed by atoms with E-state index in [1.54, 1.807) is 6.07 Å². The van der Waals surface area contributed by atoms with Gasteiger partial charge in [0.25, 0.3) is 0 Å². The van der Waals surface area contributed by atoms with Crippen LogP contribution in [0.5, 0.6) is 0 Å². The van der Waals surface area contributed by atoms with Gasteiger partial charge in [-0.05, 0) is 36.5 Å². The summed E-state index contributed by atoms with van der Waals surface area (Å²) in [5.41, 5.74) is 1.14. The molecule has 0 heterocycles. The predicted molar refractivity (Wildman–Crippen MR) is 69.3 cm³/mol. The van der Waals surface area contributed by atoms with E-state index in [0.717, 1.165) is 29.8 Å². The van der Waals surface area contributed by atoms with Crippen LogP contribution in [0.3, 0.4) is 0 Å². The van der Waals surface area contributed by atoms with E-state index in [0.29, 0.717) is 16.8 Å². The van der Waals surface area contributed by atoms with Crippen molar-refractivity contribution in [2.45, 2.75) is 26.2 Å².